The lowest BCUT2D eigenvalue weighted by molar-refractivity contribution is -0.140. The molecule has 1 aliphatic heterocycles. The second kappa shape index (κ2) is 14.1. The van der Waals surface area contributed by atoms with Gasteiger partial charge in [-0.25, -0.2) is 4.98 Å². The molecule has 1 fully saturated rings. The minimum absolute atomic E-state index is 0.0429. The van der Waals surface area contributed by atoms with Crippen LogP contribution in [0.3, 0.4) is 0 Å². The molecule has 234 valence electrons. The van der Waals surface area contributed by atoms with Crippen molar-refractivity contribution < 1.29 is 9.82 Å². The van der Waals surface area contributed by atoms with Crippen molar-refractivity contribution in [2.45, 2.75) is 58.2 Å². The zero-order chi connectivity index (χ0) is 31.5. The molecule has 3 heterocycles. The van der Waals surface area contributed by atoms with E-state index in [1.807, 2.05) is 65.6 Å². The summed E-state index contributed by atoms with van der Waals surface area (Å²) in [5.41, 5.74) is 6.33. The van der Waals surface area contributed by atoms with Crippen LogP contribution in [0.1, 0.15) is 46.1 Å². The summed E-state index contributed by atoms with van der Waals surface area (Å²) in [6.45, 7) is 7.23. The summed E-state index contributed by atoms with van der Waals surface area (Å²) in [6.07, 6.45) is 7.95. The Balaban J connectivity index is 1.38. The van der Waals surface area contributed by atoms with Crippen molar-refractivity contribution >= 4 is 36.2 Å². The Labute approximate surface area is 275 Å². The molecule has 4 aromatic rings. The minimum Gasteiger partial charge on any atom is -0.437 e. The third-order valence-corrected chi connectivity index (χ3v) is 9.47. The van der Waals surface area contributed by atoms with Crippen molar-refractivity contribution in [3.05, 3.63) is 117 Å². The van der Waals surface area contributed by atoms with Crippen LogP contribution < -0.4 is 0 Å². The fraction of sp³-hybridized carbons (Fsp3) is 0.382. The van der Waals surface area contributed by atoms with Crippen LogP contribution in [0, 0.1) is 6.92 Å². The number of aromatic nitrogens is 3. The van der Waals surface area contributed by atoms with Gasteiger partial charge in [0.25, 0.3) is 0 Å². The summed E-state index contributed by atoms with van der Waals surface area (Å²) < 4.78 is 2.07. The second-order valence-electron chi connectivity index (χ2n) is 12.2. The number of fused-ring (bicyclic) bond motifs is 2. The lowest BCUT2D eigenvalue weighted by Gasteiger charge is -2.46. The molecule has 2 aliphatic rings. The maximum Gasteiger partial charge on any atom is 0.376 e. The highest BCUT2D eigenvalue weighted by molar-refractivity contribution is 6.45. The molecule has 2 aromatic heterocycles. The predicted molar refractivity (Wildman–Crippen MR) is 179 cm³/mol. The number of amides is 1. The number of hydrogen-bond acceptors (Lipinski definition) is 6. The molecule has 6 rings (SSSR count). The zero-order valence-electron chi connectivity index (χ0n) is 25.8. The van der Waals surface area contributed by atoms with Crippen LogP contribution in [0.15, 0.2) is 73.3 Å². The van der Waals surface area contributed by atoms with Gasteiger partial charge >= 0.3 is 7.05 Å². The van der Waals surface area contributed by atoms with Crippen LogP contribution >= 0.6 is 23.2 Å². The predicted octanol–water partition coefficient (Wildman–Crippen LogP) is 5.30. The summed E-state index contributed by atoms with van der Waals surface area (Å²) in [5.74, 6) is 0.0429. The number of rotatable bonds is 9. The molecular formula is C34H39BCl2N6O2. The van der Waals surface area contributed by atoms with E-state index in [4.69, 9.17) is 28.2 Å². The number of pyridine rings is 1. The van der Waals surface area contributed by atoms with E-state index >= 15 is 0 Å². The van der Waals surface area contributed by atoms with E-state index in [9.17, 15) is 9.82 Å². The molecule has 1 amide bonds. The lowest BCUT2D eigenvalue weighted by Crippen LogP contribution is -2.62. The van der Waals surface area contributed by atoms with Crippen LogP contribution in [0.2, 0.25) is 16.9 Å². The Hall–Kier alpha value is -3.21. The average Bonchev–Trinajstić information content (AvgIpc) is 3.38. The molecule has 1 N–H and O–H groups in total. The molecule has 2 atom stereocenters. The maximum atomic E-state index is 14.9. The lowest BCUT2D eigenvalue weighted by atomic mass is 9.82. The number of hydrogen-bond donors (Lipinski definition) is 1. The van der Waals surface area contributed by atoms with Gasteiger partial charge in [-0.05, 0) is 73.5 Å². The van der Waals surface area contributed by atoms with Gasteiger partial charge in [0.05, 0.1) is 28.8 Å². The molecule has 0 radical (unpaired) electrons. The smallest absolute Gasteiger partial charge is 0.376 e. The molecule has 0 bridgehead atoms. The topological polar surface area (TPSA) is 77.7 Å². The summed E-state index contributed by atoms with van der Waals surface area (Å²) in [5, 5.41) is 12.0. The van der Waals surface area contributed by atoms with Gasteiger partial charge in [-0.1, -0.05) is 59.6 Å². The number of carbonyl (C=O) groups is 1. The van der Waals surface area contributed by atoms with Crippen LogP contribution in [0.5, 0.6) is 0 Å². The third kappa shape index (κ3) is 7.29. The van der Waals surface area contributed by atoms with Gasteiger partial charge < -0.3 is 19.3 Å². The first-order valence-electron chi connectivity index (χ1n) is 15.7. The van der Waals surface area contributed by atoms with Crippen molar-refractivity contribution in [1.82, 2.24) is 29.1 Å². The largest absolute Gasteiger partial charge is 0.437 e. The van der Waals surface area contributed by atoms with Gasteiger partial charge in [-0.15, -0.1) is 0 Å². The van der Waals surface area contributed by atoms with E-state index in [0.717, 1.165) is 59.4 Å². The molecule has 45 heavy (non-hydrogen) atoms. The van der Waals surface area contributed by atoms with E-state index < -0.39 is 13.1 Å². The van der Waals surface area contributed by atoms with Gasteiger partial charge in [0, 0.05) is 56.7 Å². The van der Waals surface area contributed by atoms with Gasteiger partial charge in [0.15, 0.2) is 0 Å². The van der Waals surface area contributed by atoms with Crippen LogP contribution in [0.25, 0.3) is 0 Å². The second-order valence-corrected chi connectivity index (χ2v) is 13.0. The molecular weight excluding hydrogens is 606 g/mol. The fourth-order valence-corrected chi connectivity index (χ4v) is 7.13. The number of nitrogens with zero attached hydrogens (tertiary/aromatic N) is 6. The van der Waals surface area contributed by atoms with E-state index in [1.165, 1.54) is 0 Å². The Kier molecular flexibility index (Phi) is 9.92. The minimum atomic E-state index is -0.668. The van der Waals surface area contributed by atoms with E-state index in [2.05, 4.69) is 32.7 Å². The first-order chi connectivity index (χ1) is 21.8. The van der Waals surface area contributed by atoms with Gasteiger partial charge in [0.1, 0.15) is 6.04 Å². The third-order valence-electron chi connectivity index (χ3n) is 9.02. The van der Waals surface area contributed by atoms with Crippen LogP contribution in [-0.2, 0) is 30.7 Å². The number of benzene rings is 2. The highest BCUT2D eigenvalue weighted by Crippen LogP contribution is 2.39. The van der Waals surface area contributed by atoms with Crippen molar-refractivity contribution in [2.75, 3.05) is 26.2 Å². The highest BCUT2D eigenvalue weighted by Gasteiger charge is 2.43. The SMILES string of the molecule is CB(O)N1CCN(C2c3ccc(Cl)cc3CCc3cc(Cl)cnc32)[C@@H](C(=O)N(CCCn2cnc(C)c2)Cc2ccccc2)C1. The number of carbonyl (C=O) groups excluding carboxylic acids is 1. The van der Waals surface area contributed by atoms with Crippen molar-refractivity contribution in [3.63, 3.8) is 0 Å². The summed E-state index contributed by atoms with van der Waals surface area (Å²) in [6, 6.07) is 17.4. The number of imidazole rings is 1. The van der Waals surface area contributed by atoms with Gasteiger partial charge in [0.2, 0.25) is 5.91 Å². The van der Waals surface area contributed by atoms with E-state index in [1.54, 1.807) is 13.0 Å². The molecule has 1 unspecified atom stereocenters. The van der Waals surface area contributed by atoms with Crippen molar-refractivity contribution in [3.8, 4) is 0 Å². The number of halogens is 2. The van der Waals surface area contributed by atoms with Gasteiger partial charge in [-0.3, -0.25) is 14.7 Å². The van der Waals surface area contributed by atoms with Gasteiger partial charge in [-0.2, -0.15) is 0 Å². The van der Waals surface area contributed by atoms with Crippen molar-refractivity contribution in [1.29, 1.82) is 0 Å². The van der Waals surface area contributed by atoms with E-state index in [0.29, 0.717) is 42.8 Å². The molecule has 0 saturated carbocycles. The molecule has 2 aromatic carbocycles. The standard InChI is InChI=1S/C34H39BCl2N6O2/c1-24-20-40(23-39-24)13-6-14-41(21-25-7-4-3-5-8-25)34(44)31-22-42(35(2)45)15-16-43(31)33-30-12-11-28(36)17-26(30)9-10-27-18-29(37)19-38-32(27)33/h3-5,7-8,11-12,17-20,23,31,33,45H,6,9-10,13-16,21-22H2,1-2H3/t31-,33?/m1/s1. The Bertz CT molecular complexity index is 1580. The number of piperazine rings is 1. The molecule has 11 heteroatoms. The number of aryl methyl sites for hydroxylation is 4. The Morgan fingerprint density at radius 1 is 1.04 bits per heavy atom. The average molecular weight is 645 g/mol. The fourth-order valence-electron chi connectivity index (χ4n) is 6.75. The molecule has 1 aliphatic carbocycles. The Morgan fingerprint density at radius 2 is 1.82 bits per heavy atom. The van der Waals surface area contributed by atoms with E-state index in [-0.39, 0.29) is 11.9 Å². The summed E-state index contributed by atoms with van der Waals surface area (Å²) in [4.78, 5) is 30.4. The summed E-state index contributed by atoms with van der Waals surface area (Å²) in [7, 11) is -0.668. The van der Waals surface area contributed by atoms with Crippen molar-refractivity contribution in [2.24, 2.45) is 0 Å². The molecule has 0 spiro atoms. The molecule has 8 nitrogen and oxygen atoms in total. The Morgan fingerprint density at radius 3 is 2.58 bits per heavy atom. The normalized spacial score (nSPS) is 18.6. The van der Waals surface area contributed by atoms with Crippen LogP contribution in [0.4, 0.5) is 0 Å². The first kappa shape index (κ1) is 31.8. The monoisotopic (exact) mass is 644 g/mol. The maximum absolute atomic E-state index is 14.9. The zero-order valence-corrected chi connectivity index (χ0v) is 27.3. The van der Waals surface area contributed by atoms with Crippen LogP contribution in [-0.4, -0.2) is 79.3 Å². The molecule has 1 saturated heterocycles. The quantitative estimate of drug-likeness (QED) is 0.249. The highest BCUT2D eigenvalue weighted by atomic mass is 35.5. The first-order valence-corrected chi connectivity index (χ1v) is 16.4. The summed E-state index contributed by atoms with van der Waals surface area (Å²) >= 11 is 12.9.